The van der Waals surface area contributed by atoms with E-state index < -0.39 is 0 Å². The molecule has 2 nitrogen and oxygen atoms in total. The molecule has 0 unspecified atom stereocenters. The third-order valence-corrected chi connectivity index (χ3v) is 2.57. The van der Waals surface area contributed by atoms with Gasteiger partial charge in [-0.1, -0.05) is 36.9 Å². The number of benzene rings is 2. The molecular formula is C16H14O2. The maximum absolute atomic E-state index is 11.3. The molecule has 0 aromatic heterocycles. The molecule has 0 aliphatic rings. The Bertz CT molecular complexity index is 527. The van der Waals surface area contributed by atoms with Gasteiger partial charge < -0.3 is 4.74 Å². The summed E-state index contributed by atoms with van der Waals surface area (Å²) in [4.78, 5) is 11.3. The van der Waals surface area contributed by atoms with Gasteiger partial charge in [0.2, 0.25) is 0 Å². The summed E-state index contributed by atoms with van der Waals surface area (Å²) in [5.74, 6) is 0.670. The molecule has 90 valence electrons. The first-order valence-electron chi connectivity index (χ1n) is 5.73. The molecule has 0 aliphatic carbocycles. The lowest BCUT2D eigenvalue weighted by molar-refractivity contribution is 0.104. The second-order valence-corrected chi connectivity index (χ2v) is 3.87. The van der Waals surface area contributed by atoms with E-state index in [1.807, 2.05) is 30.3 Å². The normalized spacial score (nSPS) is 9.78. The Morgan fingerprint density at radius 3 is 2.33 bits per heavy atom. The average molecular weight is 238 g/mol. The lowest BCUT2D eigenvalue weighted by atomic mass is 10.1. The quantitative estimate of drug-likeness (QED) is 0.587. The van der Waals surface area contributed by atoms with E-state index >= 15 is 0 Å². The smallest absolute Gasteiger partial charge is 0.185 e. The molecule has 2 heteroatoms. The van der Waals surface area contributed by atoms with Gasteiger partial charge in [0.25, 0.3) is 0 Å². The topological polar surface area (TPSA) is 26.3 Å². The molecule has 0 fully saturated rings. The Kier molecular flexibility index (Phi) is 3.92. The molecule has 2 rings (SSSR count). The lowest BCUT2D eigenvalue weighted by Crippen LogP contribution is -1.96. The van der Waals surface area contributed by atoms with Crippen molar-refractivity contribution in [2.24, 2.45) is 0 Å². The summed E-state index contributed by atoms with van der Waals surface area (Å²) in [7, 11) is 0. The number of ether oxygens (including phenoxy) is 1. The standard InChI is InChI=1S/C16H14O2/c1-2-16(17)14-8-10-15(11-9-14)18-12-13-6-4-3-5-7-13/h2-11H,1,12H2. The zero-order valence-electron chi connectivity index (χ0n) is 10.0. The van der Waals surface area contributed by atoms with Crippen LogP contribution in [-0.4, -0.2) is 5.78 Å². The van der Waals surface area contributed by atoms with Crippen molar-refractivity contribution in [1.82, 2.24) is 0 Å². The molecule has 0 amide bonds. The molecule has 0 saturated carbocycles. The van der Waals surface area contributed by atoms with E-state index in [1.54, 1.807) is 24.3 Å². The molecule has 0 spiro atoms. The zero-order chi connectivity index (χ0) is 12.8. The van der Waals surface area contributed by atoms with Crippen molar-refractivity contribution in [2.45, 2.75) is 6.61 Å². The molecule has 2 aromatic rings. The maximum Gasteiger partial charge on any atom is 0.185 e. The molecule has 0 bridgehead atoms. The van der Waals surface area contributed by atoms with Gasteiger partial charge in [0, 0.05) is 5.56 Å². The fraction of sp³-hybridized carbons (Fsp3) is 0.0625. The van der Waals surface area contributed by atoms with Gasteiger partial charge in [0.15, 0.2) is 5.78 Å². The highest BCUT2D eigenvalue weighted by Crippen LogP contribution is 2.14. The minimum Gasteiger partial charge on any atom is -0.489 e. The van der Waals surface area contributed by atoms with E-state index in [9.17, 15) is 4.79 Å². The summed E-state index contributed by atoms with van der Waals surface area (Å²) in [5.41, 5.74) is 1.74. The third kappa shape index (κ3) is 3.08. The van der Waals surface area contributed by atoms with Crippen LogP contribution in [0.3, 0.4) is 0 Å². The SMILES string of the molecule is C=CC(=O)c1ccc(OCc2ccccc2)cc1. The molecular weight excluding hydrogens is 224 g/mol. The highest BCUT2D eigenvalue weighted by Gasteiger charge is 2.01. The van der Waals surface area contributed by atoms with Crippen LogP contribution in [0.25, 0.3) is 0 Å². The van der Waals surface area contributed by atoms with Crippen LogP contribution in [0, 0.1) is 0 Å². The number of carbonyl (C=O) groups is 1. The number of rotatable bonds is 5. The first kappa shape index (κ1) is 12.1. The van der Waals surface area contributed by atoms with Crippen LogP contribution in [0.1, 0.15) is 15.9 Å². The van der Waals surface area contributed by atoms with Crippen molar-refractivity contribution in [3.8, 4) is 5.75 Å². The van der Waals surface area contributed by atoms with Gasteiger partial charge in [-0.3, -0.25) is 4.79 Å². The highest BCUT2D eigenvalue weighted by molar-refractivity contribution is 6.04. The van der Waals surface area contributed by atoms with E-state index in [-0.39, 0.29) is 5.78 Å². The summed E-state index contributed by atoms with van der Waals surface area (Å²) in [6, 6.07) is 17.0. The number of ketones is 1. The van der Waals surface area contributed by atoms with Gasteiger partial charge >= 0.3 is 0 Å². The van der Waals surface area contributed by atoms with Crippen molar-refractivity contribution >= 4 is 5.78 Å². The number of allylic oxidation sites excluding steroid dienone is 1. The summed E-state index contributed by atoms with van der Waals surface area (Å²) in [6.07, 6.45) is 1.31. The van der Waals surface area contributed by atoms with Gasteiger partial charge in [0.05, 0.1) is 0 Å². The van der Waals surface area contributed by atoms with Gasteiger partial charge in [-0.15, -0.1) is 0 Å². The van der Waals surface area contributed by atoms with Crippen LogP contribution in [0.2, 0.25) is 0 Å². The summed E-state index contributed by atoms with van der Waals surface area (Å²) in [5, 5.41) is 0. The predicted molar refractivity (Wildman–Crippen MR) is 71.7 cm³/mol. The first-order chi connectivity index (χ1) is 8.79. The van der Waals surface area contributed by atoms with Crippen LogP contribution in [0.5, 0.6) is 5.75 Å². The van der Waals surface area contributed by atoms with E-state index in [0.717, 1.165) is 11.3 Å². The Morgan fingerprint density at radius 2 is 1.72 bits per heavy atom. The van der Waals surface area contributed by atoms with Crippen LogP contribution < -0.4 is 4.74 Å². The number of hydrogen-bond donors (Lipinski definition) is 0. The lowest BCUT2D eigenvalue weighted by Gasteiger charge is -2.06. The Labute approximate surface area is 107 Å². The van der Waals surface area contributed by atoms with Crippen LogP contribution in [-0.2, 0) is 6.61 Å². The van der Waals surface area contributed by atoms with Crippen LogP contribution >= 0.6 is 0 Å². The molecule has 0 saturated heterocycles. The summed E-state index contributed by atoms with van der Waals surface area (Å²) >= 11 is 0. The molecule has 0 radical (unpaired) electrons. The van der Waals surface area contributed by atoms with E-state index in [1.165, 1.54) is 6.08 Å². The highest BCUT2D eigenvalue weighted by atomic mass is 16.5. The van der Waals surface area contributed by atoms with Gasteiger partial charge in [-0.05, 0) is 35.9 Å². The fourth-order valence-electron chi connectivity index (χ4n) is 1.57. The molecule has 0 heterocycles. The summed E-state index contributed by atoms with van der Waals surface area (Å²) < 4.78 is 5.62. The second kappa shape index (κ2) is 5.82. The molecule has 2 aromatic carbocycles. The molecule has 0 atom stereocenters. The molecule has 0 N–H and O–H groups in total. The van der Waals surface area contributed by atoms with Crippen LogP contribution in [0.4, 0.5) is 0 Å². The van der Waals surface area contributed by atoms with Crippen molar-refractivity contribution < 1.29 is 9.53 Å². The Hall–Kier alpha value is -2.35. The van der Waals surface area contributed by atoms with Gasteiger partial charge in [-0.25, -0.2) is 0 Å². The van der Waals surface area contributed by atoms with E-state index in [4.69, 9.17) is 4.74 Å². The van der Waals surface area contributed by atoms with E-state index in [0.29, 0.717) is 12.2 Å². The number of hydrogen-bond acceptors (Lipinski definition) is 2. The fourth-order valence-corrected chi connectivity index (χ4v) is 1.57. The minimum absolute atomic E-state index is 0.0791. The molecule has 18 heavy (non-hydrogen) atoms. The largest absolute Gasteiger partial charge is 0.489 e. The number of carbonyl (C=O) groups excluding carboxylic acids is 1. The van der Waals surface area contributed by atoms with Crippen molar-refractivity contribution in [2.75, 3.05) is 0 Å². The average Bonchev–Trinajstić information content (AvgIpc) is 2.46. The van der Waals surface area contributed by atoms with Gasteiger partial charge in [0.1, 0.15) is 12.4 Å². The Balaban J connectivity index is 1.99. The van der Waals surface area contributed by atoms with Crippen molar-refractivity contribution in [1.29, 1.82) is 0 Å². The van der Waals surface area contributed by atoms with Crippen molar-refractivity contribution in [3.05, 3.63) is 78.4 Å². The first-order valence-corrected chi connectivity index (χ1v) is 5.73. The Morgan fingerprint density at radius 1 is 1.06 bits per heavy atom. The minimum atomic E-state index is -0.0791. The van der Waals surface area contributed by atoms with Crippen molar-refractivity contribution in [3.63, 3.8) is 0 Å². The summed E-state index contributed by atoms with van der Waals surface area (Å²) in [6.45, 7) is 3.98. The monoisotopic (exact) mass is 238 g/mol. The third-order valence-electron chi connectivity index (χ3n) is 2.57. The maximum atomic E-state index is 11.3. The van der Waals surface area contributed by atoms with Crippen LogP contribution in [0.15, 0.2) is 67.3 Å². The van der Waals surface area contributed by atoms with Gasteiger partial charge in [-0.2, -0.15) is 0 Å². The predicted octanol–water partition coefficient (Wildman–Crippen LogP) is 3.63. The van der Waals surface area contributed by atoms with E-state index in [2.05, 4.69) is 6.58 Å². The molecule has 0 aliphatic heterocycles. The second-order valence-electron chi connectivity index (χ2n) is 3.87. The zero-order valence-corrected chi connectivity index (χ0v) is 10.0.